The minimum atomic E-state index is 0.732. The molecule has 0 radical (unpaired) electrons. The van der Waals surface area contributed by atoms with Crippen LogP contribution < -0.4 is 10.1 Å². The number of rotatable bonds is 6. The van der Waals surface area contributed by atoms with Crippen LogP contribution in [0.5, 0.6) is 5.75 Å². The zero-order valence-electron chi connectivity index (χ0n) is 13.2. The summed E-state index contributed by atoms with van der Waals surface area (Å²) in [6.45, 7) is 7.15. The lowest BCUT2D eigenvalue weighted by atomic mass is 10.1. The van der Waals surface area contributed by atoms with Crippen LogP contribution in [-0.2, 0) is 12.8 Å². The predicted octanol–water partition coefficient (Wildman–Crippen LogP) is 3.38. The fourth-order valence-corrected chi connectivity index (χ4v) is 2.30. The van der Waals surface area contributed by atoms with Gasteiger partial charge in [0.15, 0.2) is 0 Å². The van der Waals surface area contributed by atoms with Crippen LogP contribution in [0.4, 0.5) is 5.82 Å². The predicted molar refractivity (Wildman–Crippen MR) is 86.1 cm³/mol. The highest BCUT2D eigenvalue weighted by molar-refractivity contribution is 5.46. The maximum absolute atomic E-state index is 5.18. The zero-order chi connectivity index (χ0) is 15.2. The molecule has 0 aliphatic rings. The molecule has 1 aromatic carbocycles. The van der Waals surface area contributed by atoms with Gasteiger partial charge in [0.2, 0.25) is 0 Å². The summed E-state index contributed by atoms with van der Waals surface area (Å²) in [7, 11) is 1.67. The molecular weight excluding hydrogens is 262 g/mol. The van der Waals surface area contributed by atoms with E-state index in [-0.39, 0.29) is 0 Å². The van der Waals surface area contributed by atoms with Crippen LogP contribution in [0.25, 0.3) is 0 Å². The highest BCUT2D eigenvalue weighted by Gasteiger charge is 2.09. The Balaban J connectivity index is 2.27. The normalized spacial score (nSPS) is 10.5. The molecule has 0 saturated heterocycles. The van der Waals surface area contributed by atoms with Crippen LogP contribution in [0, 0.1) is 6.92 Å². The maximum Gasteiger partial charge on any atom is 0.135 e. The van der Waals surface area contributed by atoms with Gasteiger partial charge < -0.3 is 10.1 Å². The largest absolute Gasteiger partial charge is 0.497 e. The number of benzene rings is 1. The highest BCUT2D eigenvalue weighted by atomic mass is 16.5. The summed E-state index contributed by atoms with van der Waals surface area (Å²) in [5, 5.41) is 3.32. The minimum absolute atomic E-state index is 0.732. The van der Waals surface area contributed by atoms with Gasteiger partial charge in [0.25, 0.3) is 0 Å². The van der Waals surface area contributed by atoms with E-state index in [1.807, 2.05) is 12.1 Å². The summed E-state index contributed by atoms with van der Waals surface area (Å²) >= 11 is 0. The monoisotopic (exact) mass is 285 g/mol. The molecule has 4 nitrogen and oxygen atoms in total. The Hall–Kier alpha value is -2.10. The Labute approximate surface area is 126 Å². The van der Waals surface area contributed by atoms with Crippen molar-refractivity contribution in [2.45, 2.75) is 33.6 Å². The van der Waals surface area contributed by atoms with Gasteiger partial charge in [0, 0.05) is 24.2 Å². The van der Waals surface area contributed by atoms with Crippen LogP contribution in [0.15, 0.2) is 24.3 Å². The molecule has 0 aliphatic heterocycles. The van der Waals surface area contributed by atoms with Crippen molar-refractivity contribution in [1.82, 2.24) is 9.97 Å². The second-order valence-electron chi connectivity index (χ2n) is 4.97. The second-order valence-corrected chi connectivity index (χ2v) is 4.97. The van der Waals surface area contributed by atoms with Crippen molar-refractivity contribution in [3.8, 4) is 5.75 Å². The summed E-state index contributed by atoms with van der Waals surface area (Å²) in [4.78, 5) is 9.34. The first kappa shape index (κ1) is 15.3. The molecule has 0 spiro atoms. The molecule has 4 heteroatoms. The van der Waals surface area contributed by atoms with E-state index in [1.54, 1.807) is 7.11 Å². The molecule has 0 fully saturated rings. The number of methoxy groups -OCH3 is 1. The van der Waals surface area contributed by atoms with Gasteiger partial charge in [-0.3, -0.25) is 0 Å². The van der Waals surface area contributed by atoms with Crippen molar-refractivity contribution in [2.75, 3.05) is 19.0 Å². The van der Waals surface area contributed by atoms with Gasteiger partial charge in [-0.1, -0.05) is 19.1 Å². The topological polar surface area (TPSA) is 47.0 Å². The lowest BCUT2D eigenvalue weighted by molar-refractivity contribution is 0.414. The first-order valence-electron chi connectivity index (χ1n) is 7.41. The molecule has 0 aliphatic carbocycles. The third-order valence-corrected chi connectivity index (χ3v) is 3.49. The number of nitrogens with one attached hydrogen (secondary N) is 1. The summed E-state index contributed by atoms with van der Waals surface area (Å²) in [6, 6.07) is 8.05. The van der Waals surface area contributed by atoms with E-state index in [9.17, 15) is 0 Å². The molecule has 0 unspecified atom stereocenters. The molecule has 1 heterocycles. The molecule has 0 amide bonds. The highest BCUT2D eigenvalue weighted by Crippen LogP contribution is 2.18. The Morgan fingerprint density at radius 2 is 1.81 bits per heavy atom. The smallest absolute Gasteiger partial charge is 0.135 e. The Morgan fingerprint density at radius 1 is 1.10 bits per heavy atom. The van der Waals surface area contributed by atoms with Gasteiger partial charge >= 0.3 is 0 Å². The van der Waals surface area contributed by atoms with Gasteiger partial charge in [-0.25, -0.2) is 9.97 Å². The average Bonchev–Trinajstić information content (AvgIpc) is 2.51. The summed E-state index contributed by atoms with van der Waals surface area (Å²) in [6.07, 6.45) is 1.65. The van der Waals surface area contributed by atoms with Crippen LogP contribution in [-0.4, -0.2) is 23.6 Å². The fraction of sp³-hybridized carbons (Fsp3) is 0.412. The van der Waals surface area contributed by atoms with Crippen molar-refractivity contribution >= 4 is 5.82 Å². The van der Waals surface area contributed by atoms with Gasteiger partial charge in [0.05, 0.1) is 7.11 Å². The van der Waals surface area contributed by atoms with E-state index in [4.69, 9.17) is 4.74 Å². The number of hydrogen-bond acceptors (Lipinski definition) is 4. The molecular formula is C17H23N3O. The van der Waals surface area contributed by atoms with Gasteiger partial charge in [-0.15, -0.1) is 0 Å². The van der Waals surface area contributed by atoms with Crippen LogP contribution in [0.1, 0.15) is 36.5 Å². The number of hydrogen-bond donors (Lipinski definition) is 1. The number of aromatic nitrogens is 2. The molecule has 112 valence electrons. The molecule has 2 rings (SSSR count). The summed E-state index contributed by atoms with van der Waals surface area (Å²) < 4.78 is 5.18. The minimum Gasteiger partial charge on any atom is -0.497 e. The lowest BCUT2D eigenvalue weighted by Crippen LogP contribution is -2.09. The van der Waals surface area contributed by atoms with E-state index in [1.165, 1.54) is 5.56 Å². The number of ether oxygens (including phenoxy) is 1. The Kier molecular flexibility index (Phi) is 5.14. The van der Waals surface area contributed by atoms with E-state index in [0.717, 1.165) is 48.0 Å². The van der Waals surface area contributed by atoms with Crippen molar-refractivity contribution in [2.24, 2.45) is 0 Å². The first-order valence-corrected chi connectivity index (χ1v) is 7.41. The molecule has 0 bridgehead atoms. The van der Waals surface area contributed by atoms with Crippen LogP contribution in [0.2, 0.25) is 0 Å². The van der Waals surface area contributed by atoms with Crippen LogP contribution in [0.3, 0.4) is 0 Å². The number of aryl methyl sites for hydroxylation is 1. The van der Waals surface area contributed by atoms with Crippen molar-refractivity contribution in [1.29, 1.82) is 0 Å². The first-order chi connectivity index (χ1) is 10.2. The molecule has 21 heavy (non-hydrogen) atoms. The van der Waals surface area contributed by atoms with Gasteiger partial charge in [0.1, 0.15) is 17.4 Å². The lowest BCUT2D eigenvalue weighted by Gasteiger charge is -2.12. The van der Waals surface area contributed by atoms with E-state index in [2.05, 4.69) is 48.2 Å². The van der Waals surface area contributed by atoms with E-state index >= 15 is 0 Å². The maximum atomic E-state index is 5.18. The molecule has 1 aromatic heterocycles. The molecule has 1 N–H and O–H groups in total. The molecule has 0 saturated carbocycles. The Bertz CT molecular complexity index is 594. The van der Waals surface area contributed by atoms with Crippen LogP contribution >= 0.6 is 0 Å². The number of nitrogens with zero attached hydrogens (tertiary/aromatic N) is 2. The average molecular weight is 285 g/mol. The quantitative estimate of drug-likeness (QED) is 0.884. The second kappa shape index (κ2) is 7.07. The third-order valence-electron chi connectivity index (χ3n) is 3.49. The summed E-state index contributed by atoms with van der Waals surface area (Å²) in [5.41, 5.74) is 3.45. The van der Waals surface area contributed by atoms with Crippen molar-refractivity contribution in [3.63, 3.8) is 0 Å². The fourth-order valence-electron chi connectivity index (χ4n) is 2.30. The standard InChI is InChI=1S/C17H23N3O/c1-5-15-12(3)17(18-6-2)20-16(19-15)11-13-7-9-14(21-4)10-8-13/h7-10H,5-6,11H2,1-4H3,(H,18,19,20). The van der Waals surface area contributed by atoms with E-state index < -0.39 is 0 Å². The third kappa shape index (κ3) is 3.72. The zero-order valence-corrected chi connectivity index (χ0v) is 13.2. The summed E-state index contributed by atoms with van der Waals surface area (Å²) in [5.74, 6) is 2.68. The van der Waals surface area contributed by atoms with Gasteiger partial charge in [-0.2, -0.15) is 0 Å². The van der Waals surface area contributed by atoms with Crippen molar-refractivity contribution < 1.29 is 4.74 Å². The van der Waals surface area contributed by atoms with Gasteiger partial charge in [-0.05, 0) is 38.0 Å². The SMILES string of the molecule is CCNc1nc(Cc2ccc(OC)cc2)nc(CC)c1C. The van der Waals surface area contributed by atoms with E-state index in [0.29, 0.717) is 0 Å². The molecule has 2 aromatic rings. The molecule has 0 atom stereocenters. The van der Waals surface area contributed by atoms with Crippen molar-refractivity contribution in [3.05, 3.63) is 46.9 Å². The Morgan fingerprint density at radius 3 is 2.38 bits per heavy atom. The number of anilines is 1.